The molecule has 10 heteroatoms. The first-order valence-electron chi connectivity index (χ1n) is 8.13. The van der Waals surface area contributed by atoms with E-state index in [2.05, 4.69) is 34.0 Å². The molecule has 126 valence electrons. The van der Waals surface area contributed by atoms with Crippen molar-refractivity contribution in [2.75, 3.05) is 18.0 Å². The molecule has 0 bridgehead atoms. The summed E-state index contributed by atoms with van der Waals surface area (Å²) in [4.78, 5) is 2.27. The van der Waals surface area contributed by atoms with Crippen LogP contribution in [0.3, 0.4) is 0 Å². The predicted octanol–water partition coefficient (Wildman–Crippen LogP) is 1.55. The molecule has 0 aromatic carbocycles. The average Bonchev–Trinajstić information content (AvgIpc) is 3.42. The summed E-state index contributed by atoms with van der Waals surface area (Å²) < 4.78 is 12.0. The monoisotopic (exact) mass is 353 g/mol. The van der Waals surface area contributed by atoms with E-state index >= 15 is 0 Å². The minimum atomic E-state index is 0.332. The second-order valence-electron chi connectivity index (χ2n) is 6.00. The Balaban J connectivity index is 1.42. The lowest BCUT2D eigenvalue weighted by molar-refractivity contribution is 0.475. The third-order valence-electron chi connectivity index (χ3n) is 4.55. The second-order valence-corrected chi connectivity index (χ2v) is 6.55. The molecule has 1 fully saturated rings. The van der Waals surface area contributed by atoms with Gasteiger partial charge in [0, 0.05) is 31.4 Å². The summed E-state index contributed by atoms with van der Waals surface area (Å²) in [5.41, 5.74) is 0.761. The van der Waals surface area contributed by atoms with Crippen LogP contribution < -0.4 is 4.90 Å². The van der Waals surface area contributed by atoms with Gasteiger partial charge in [0.1, 0.15) is 0 Å². The Bertz CT molecular complexity index is 968. The van der Waals surface area contributed by atoms with E-state index in [1.165, 1.54) is 11.7 Å². The number of fused-ring (bicyclic) bond motifs is 1. The van der Waals surface area contributed by atoms with Crippen molar-refractivity contribution in [2.45, 2.75) is 18.8 Å². The Labute approximate surface area is 147 Å². The molecule has 5 rings (SSSR count). The van der Waals surface area contributed by atoms with E-state index in [9.17, 15) is 0 Å². The largest absolute Gasteiger partial charge is 0.354 e. The van der Waals surface area contributed by atoms with Crippen molar-refractivity contribution in [1.82, 2.24) is 38.3 Å². The second kappa shape index (κ2) is 5.88. The van der Waals surface area contributed by atoms with Gasteiger partial charge >= 0.3 is 0 Å². The molecule has 5 heterocycles. The van der Waals surface area contributed by atoms with Crippen LogP contribution in [-0.2, 0) is 0 Å². The van der Waals surface area contributed by atoms with E-state index in [0.717, 1.165) is 49.0 Å². The number of aromatic nitrogens is 8. The maximum absolute atomic E-state index is 4.68. The van der Waals surface area contributed by atoms with Crippen molar-refractivity contribution in [3.8, 4) is 5.82 Å². The number of hydrogen-bond donors (Lipinski definition) is 0. The van der Waals surface area contributed by atoms with Crippen LogP contribution in [0.15, 0.2) is 36.8 Å². The highest BCUT2D eigenvalue weighted by Crippen LogP contribution is 2.29. The highest BCUT2D eigenvalue weighted by molar-refractivity contribution is 6.99. The third-order valence-corrected chi connectivity index (χ3v) is 5.01. The molecule has 0 spiro atoms. The van der Waals surface area contributed by atoms with Crippen LogP contribution >= 0.6 is 11.7 Å². The van der Waals surface area contributed by atoms with Crippen molar-refractivity contribution < 1.29 is 0 Å². The van der Waals surface area contributed by atoms with Crippen molar-refractivity contribution in [3.05, 3.63) is 42.6 Å². The predicted molar refractivity (Wildman–Crippen MR) is 92.0 cm³/mol. The first kappa shape index (κ1) is 14.5. The van der Waals surface area contributed by atoms with Gasteiger partial charge < -0.3 is 4.90 Å². The summed E-state index contributed by atoms with van der Waals surface area (Å²) >= 11 is 1.25. The maximum Gasteiger partial charge on any atom is 0.178 e. The van der Waals surface area contributed by atoms with E-state index in [1.807, 2.05) is 35.1 Å². The lowest BCUT2D eigenvalue weighted by Crippen LogP contribution is -2.33. The van der Waals surface area contributed by atoms with Crippen LogP contribution in [0, 0.1) is 0 Å². The molecule has 0 radical (unpaired) electrons. The molecule has 0 unspecified atom stereocenters. The summed E-state index contributed by atoms with van der Waals surface area (Å²) in [6.45, 7) is 1.87. The van der Waals surface area contributed by atoms with E-state index in [-0.39, 0.29) is 0 Å². The SMILES string of the molecule is c1cnn(-c2ccc3nnc(C4CCN(c5cnsn5)CC4)n3n2)c1. The van der Waals surface area contributed by atoms with Crippen LogP contribution in [0.2, 0.25) is 0 Å². The molecule has 1 aliphatic rings. The summed E-state index contributed by atoms with van der Waals surface area (Å²) in [5.74, 6) is 2.97. The van der Waals surface area contributed by atoms with Crippen LogP contribution in [0.4, 0.5) is 5.82 Å². The maximum atomic E-state index is 4.68. The van der Waals surface area contributed by atoms with Gasteiger partial charge in [-0.15, -0.1) is 15.3 Å². The molecule has 0 N–H and O–H groups in total. The van der Waals surface area contributed by atoms with E-state index in [0.29, 0.717) is 5.92 Å². The van der Waals surface area contributed by atoms with E-state index < -0.39 is 0 Å². The van der Waals surface area contributed by atoms with Crippen LogP contribution in [0.25, 0.3) is 11.5 Å². The fourth-order valence-electron chi connectivity index (χ4n) is 3.24. The van der Waals surface area contributed by atoms with Gasteiger partial charge in [0.25, 0.3) is 0 Å². The fraction of sp³-hybridized carbons (Fsp3) is 0.333. The van der Waals surface area contributed by atoms with Gasteiger partial charge in [-0.25, -0.2) is 4.68 Å². The van der Waals surface area contributed by atoms with Gasteiger partial charge in [0.2, 0.25) is 0 Å². The Morgan fingerprint density at radius 2 is 2.00 bits per heavy atom. The minimum Gasteiger partial charge on any atom is -0.354 e. The topological polar surface area (TPSA) is 89.9 Å². The van der Waals surface area contributed by atoms with Crippen molar-refractivity contribution in [2.24, 2.45) is 0 Å². The lowest BCUT2D eigenvalue weighted by atomic mass is 9.96. The Morgan fingerprint density at radius 1 is 1.08 bits per heavy atom. The van der Waals surface area contributed by atoms with Crippen molar-refractivity contribution in [1.29, 1.82) is 0 Å². The standard InChI is InChI=1S/C15H15N9S/c1-6-16-23(7-1)13-3-2-12-18-19-15(24(12)20-13)11-4-8-22(9-5-11)14-10-17-25-21-14/h1-3,6-7,10-11H,4-5,8-9H2. The summed E-state index contributed by atoms with van der Waals surface area (Å²) in [7, 11) is 0. The zero-order valence-corrected chi connectivity index (χ0v) is 14.1. The molecule has 0 aliphatic carbocycles. The molecule has 0 atom stereocenters. The van der Waals surface area contributed by atoms with Crippen molar-refractivity contribution in [3.63, 3.8) is 0 Å². The van der Waals surface area contributed by atoms with E-state index in [1.54, 1.807) is 10.9 Å². The molecular weight excluding hydrogens is 338 g/mol. The van der Waals surface area contributed by atoms with Crippen LogP contribution in [0.1, 0.15) is 24.6 Å². The number of piperidine rings is 1. The molecular formula is C15H15N9S. The van der Waals surface area contributed by atoms with E-state index in [4.69, 9.17) is 0 Å². The normalized spacial score (nSPS) is 15.9. The molecule has 25 heavy (non-hydrogen) atoms. The van der Waals surface area contributed by atoms with Gasteiger partial charge in [0.15, 0.2) is 23.1 Å². The third kappa shape index (κ3) is 2.54. The number of nitrogens with zero attached hydrogens (tertiary/aromatic N) is 9. The van der Waals surface area contributed by atoms with Crippen LogP contribution in [0.5, 0.6) is 0 Å². The van der Waals surface area contributed by atoms with Gasteiger partial charge in [-0.05, 0) is 31.0 Å². The van der Waals surface area contributed by atoms with Gasteiger partial charge in [-0.2, -0.15) is 18.4 Å². The summed E-state index contributed by atoms with van der Waals surface area (Å²) in [6, 6.07) is 5.71. The van der Waals surface area contributed by atoms with Gasteiger partial charge in [-0.1, -0.05) is 0 Å². The number of hydrogen-bond acceptors (Lipinski definition) is 8. The minimum absolute atomic E-state index is 0.332. The Hall–Kier alpha value is -2.88. The number of rotatable bonds is 3. The highest BCUT2D eigenvalue weighted by Gasteiger charge is 2.26. The van der Waals surface area contributed by atoms with Crippen LogP contribution in [-0.4, -0.2) is 51.4 Å². The number of anilines is 1. The zero-order chi connectivity index (χ0) is 16.6. The first-order valence-corrected chi connectivity index (χ1v) is 8.86. The zero-order valence-electron chi connectivity index (χ0n) is 13.3. The summed E-state index contributed by atoms with van der Waals surface area (Å²) in [5, 5.41) is 17.6. The highest BCUT2D eigenvalue weighted by atomic mass is 32.1. The summed E-state index contributed by atoms with van der Waals surface area (Å²) in [6.07, 6.45) is 7.42. The average molecular weight is 353 g/mol. The first-order chi connectivity index (χ1) is 12.4. The molecule has 4 aromatic rings. The molecule has 1 aliphatic heterocycles. The van der Waals surface area contributed by atoms with Crippen molar-refractivity contribution >= 4 is 23.2 Å². The molecule has 1 saturated heterocycles. The Morgan fingerprint density at radius 3 is 2.76 bits per heavy atom. The molecule has 0 saturated carbocycles. The van der Waals surface area contributed by atoms with Gasteiger partial charge in [0.05, 0.1) is 17.9 Å². The van der Waals surface area contributed by atoms with Gasteiger partial charge in [-0.3, -0.25) is 0 Å². The molecule has 4 aromatic heterocycles. The fourth-order valence-corrected chi connectivity index (χ4v) is 3.68. The smallest absolute Gasteiger partial charge is 0.178 e. The molecule has 0 amide bonds. The lowest BCUT2D eigenvalue weighted by Gasteiger charge is -2.30. The Kier molecular flexibility index (Phi) is 3.40. The molecule has 9 nitrogen and oxygen atoms in total. The quantitative estimate of drug-likeness (QED) is 0.552.